The van der Waals surface area contributed by atoms with E-state index in [1.807, 2.05) is 0 Å². The third kappa shape index (κ3) is 3.32. The van der Waals surface area contributed by atoms with E-state index in [1.54, 1.807) is 0 Å². The van der Waals surface area contributed by atoms with Gasteiger partial charge in [-0.2, -0.15) is 22.0 Å². The minimum Gasteiger partial charge on any atom is -0.477 e. The number of hydrogen-bond donors (Lipinski definition) is 1. The van der Waals surface area contributed by atoms with Crippen molar-refractivity contribution in [1.29, 1.82) is 0 Å². The van der Waals surface area contributed by atoms with E-state index in [0.29, 0.717) is 12.1 Å². The van der Waals surface area contributed by atoms with Crippen LogP contribution in [0.15, 0.2) is 18.2 Å². The van der Waals surface area contributed by atoms with Crippen LogP contribution in [0.4, 0.5) is 22.0 Å². The molecule has 0 unspecified atom stereocenters. The monoisotopic (exact) mass is 288 g/mol. The van der Waals surface area contributed by atoms with Crippen molar-refractivity contribution in [3.8, 4) is 0 Å². The highest BCUT2D eigenvalue weighted by molar-refractivity contribution is 6.31. The van der Waals surface area contributed by atoms with E-state index in [4.69, 9.17) is 16.7 Å². The molecule has 0 aliphatic carbocycles. The summed E-state index contributed by atoms with van der Waals surface area (Å²) in [5.74, 6) is -6.59. The number of aliphatic carboxylic acids is 1. The lowest BCUT2D eigenvalue weighted by molar-refractivity contribution is -0.164. The zero-order valence-corrected chi connectivity index (χ0v) is 9.32. The van der Waals surface area contributed by atoms with Gasteiger partial charge in [0.1, 0.15) is 0 Å². The fourth-order valence-electron chi connectivity index (χ4n) is 1.20. The summed E-state index contributed by atoms with van der Waals surface area (Å²) in [7, 11) is 0. The number of rotatable bonds is 3. The molecule has 0 bridgehead atoms. The molecule has 0 aliphatic heterocycles. The molecule has 0 fully saturated rings. The van der Waals surface area contributed by atoms with Gasteiger partial charge >= 0.3 is 18.1 Å². The Kier molecular flexibility index (Phi) is 3.85. The Morgan fingerprint density at radius 1 is 1.22 bits per heavy atom. The van der Waals surface area contributed by atoms with Gasteiger partial charge in [-0.1, -0.05) is 11.6 Å². The van der Waals surface area contributed by atoms with E-state index in [2.05, 4.69) is 0 Å². The second-order valence-corrected chi connectivity index (χ2v) is 3.90. The molecule has 0 atom stereocenters. The summed E-state index contributed by atoms with van der Waals surface area (Å²) in [5, 5.41) is 7.86. The van der Waals surface area contributed by atoms with Gasteiger partial charge in [0.2, 0.25) is 0 Å². The summed E-state index contributed by atoms with van der Waals surface area (Å²) in [5.41, 5.74) is -1.73. The third-order valence-electron chi connectivity index (χ3n) is 2.10. The van der Waals surface area contributed by atoms with Crippen LogP contribution in [-0.4, -0.2) is 17.0 Å². The van der Waals surface area contributed by atoms with E-state index in [9.17, 15) is 26.7 Å². The largest absolute Gasteiger partial charge is 0.477 e. The molecule has 0 radical (unpaired) electrons. The highest BCUT2D eigenvalue weighted by Crippen LogP contribution is 2.33. The molecule has 1 N–H and O–H groups in total. The van der Waals surface area contributed by atoms with Crippen LogP contribution in [0.2, 0.25) is 5.02 Å². The van der Waals surface area contributed by atoms with E-state index in [0.717, 1.165) is 6.07 Å². The first kappa shape index (κ1) is 14.7. The third-order valence-corrected chi connectivity index (χ3v) is 2.47. The first-order valence-electron chi connectivity index (χ1n) is 4.51. The highest BCUT2D eigenvalue weighted by atomic mass is 35.5. The van der Waals surface area contributed by atoms with Crippen LogP contribution >= 0.6 is 11.6 Å². The molecule has 0 aromatic heterocycles. The number of carboxylic acid groups (broad SMARTS) is 1. The molecule has 0 saturated heterocycles. The first-order chi connectivity index (χ1) is 8.04. The van der Waals surface area contributed by atoms with E-state index < -0.39 is 35.6 Å². The van der Waals surface area contributed by atoms with Crippen molar-refractivity contribution in [3.05, 3.63) is 34.3 Å². The van der Waals surface area contributed by atoms with Crippen molar-refractivity contribution in [3.63, 3.8) is 0 Å². The molecule has 2 nitrogen and oxygen atoms in total. The van der Waals surface area contributed by atoms with Gasteiger partial charge in [0.25, 0.3) is 0 Å². The van der Waals surface area contributed by atoms with Crippen LogP contribution in [0.5, 0.6) is 0 Å². The molecule has 0 heterocycles. The minimum absolute atomic E-state index is 0.344. The Morgan fingerprint density at radius 2 is 1.78 bits per heavy atom. The summed E-state index contributed by atoms with van der Waals surface area (Å²) < 4.78 is 62.8. The SMILES string of the molecule is O=C(O)C(F)(F)Cc1cc(C(F)(F)F)ccc1Cl. The van der Waals surface area contributed by atoms with E-state index in [-0.39, 0.29) is 5.02 Å². The fourth-order valence-corrected chi connectivity index (χ4v) is 1.39. The van der Waals surface area contributed by atoms with Crippen molar-refractivity contribution in [2.24, 2.45) is 0 Å². The van der Waals surface area contributed by atoms with Crippen LogP contribution in [0, 0.1) is 0 Å². The molecule has 0 amide bonds. The summed E-state index contributed by atoms with van der Waals surface area (Å²) in [6, 6.07) is 1.85. The molecule has 8 heteroatoms. The lowest BCUT2D eigenvalue weighted by Gasteiger charge is -2.14. The Balaban J connectivity index is 3.14. The second-order valence-electron chi connectivity index (χ2n) is 3.49. The van der Waals surface area contributed by atoms with Crippen LogP contribution < -0.4 is 0 Å². The number of carbonyl (C=O) groups is 1. The maximum atomic E-state index is 12.9. The van der Waals surface area contributed by atoms with Gasteiger partial charge in [0, 0.05) is 11.4 Å². The van der Waals surface area contributed by atoms with Crippen LogP contribution in [0.25, 0.3) is 0 Å². The van der Waals surface area contributed by atoms with Crippen molar-refractivity contribution < 1.29 is 31.9 Å². The topological polar surface area (TPSA) is 37.3 Å². The average Bonchev–Trinajstić information content (AvgIpc) is 2.19. The van der Waals surface area contributed by atoms with E-state index in [1.165, 1.54) is 0 Å². The van der Waals surface area contributed by atoms with Crippen molar-refractivity contribution in [1.82, 2.24) is 0 Å². The molecule has 18 heavy (non-hydrogen) atoms. The maximum Gasteiger partial charge on any atom is 0.416 e. The van der Waals surface area contributed by atoms with Crippen LogP contribution in [0.3, 0.4) is 0 Å². The molecular formula is C10H6ClF5O2. The minimum atomic E-state index is -4.71. The van der Waals surface area contributed by atoms with Gasteiger partial charge in [-0.05, 0) is 23.8 Å². The predicted octanol–water partition coefficient (Wildman–Crippen LogP) is 3.62. The van der Waals surface area contributed by atoms with E-state index >= 15 is 0 Å². The Hall–Kier alpha value is -1.37. The van der Waals surface area contributed by atoms with Crippen LogP contribution in [-0.2, 0) is 17.4 Å². The molecular weight excluding hydrogens is 283 g/mol. The van der Waals surface area contributed by atoms with Gasteiger partial charge in [0.05, 0.1) is 5.56 Å². The fraction of sp³-hybridized carbons (Fsp3) is 0.300. The van der Waals surface area contributed by atoms with Gasteiger partial charge in [-0.15, -0.1) is 0 Å². The van der Waals surface area contributed by atoms with Crippen molar-refractivity contribution in [2.45, 2.75) is 18.5 Å². The zero-order chi connectivity index (χ0) is 14.1. The van der Waals surface area contributed by atoms with Gasteiger partial charge < -0.3 is 5.11 Å². The second kappa shape index (κ2) is 4.72. The van der Waals surface area contributed by atoms with Gasteiger partial charge in [-0.25, -0.2) is 4.79 Å². The number of carboxylic acids is 1. The standard InChI is InChI=1S/C10H6ClF5O2/c11-7-2-1-6(10(14,15)16)3-5(7)4-9(12,13)8(17)18/h1-3H,4H2,(H,17,18). The van der Waals surface area contributed by atoms with Gasteiger partial charge in [0.15, 0.2) is 0 Å². The number of halogens is 6. The number of benzene rings is 1. The summed E-state index contributed by atoms with van der Waals surface area (Å²) in [6.07, 6.45) is -6.11. The lowest BCUT2D eigenvalue weighted by Crippen LogP contribution is -2.30. The Morgan fingerprint density at radius 3 is 2.22 bits per heavy atom. The zero-order valence-electron chi connectivity index (χ0n) is 8.56. The molecule has 0 aliphatic rings. The highest BCUT2D eigenvalue weighted by Gasteiger charge is 2.40. The lowest BCUT2D eigenvalue weighted by atomic mass is 10.0. The number of alkyl halides is 5. The normalized spacial score (nSPS) is 12.6. The predicted molar refractivity (Wildman–Crippen MR) is 52.7 cm³/mol. The quantitative estimate of drug-likeness (QED) is 0.863. The van der Waals surface area contributed by atoms with Crippen molar-refractivity contribution in [2.75, 3.05) is 0 Å². The molecule has 0 saturated carbocycles. The molecule has 100 valence electrons. The average molecular weight is 289 g/mol. The summed E-state index contributed by atoms with van der Waals surface area (Å²) >= 11 is 5.46. The van der Waals surface area contributed by atoms with Gasteiger partial charge in [-0.3, -0.25) is 0 Å². The molecule has 1 aromatic rings. The molecule has 0 spiro atoms. The summed E-state index contributed by atoms with van der Waals surface area (Å²) in [4.78, 5) is 10.2. The Bertz CT molecular complexity index is 470. The molecule has 1 rings (SSSR count). The summed E-state index contributed by atoms with van der Waals surface area (Å²) in [6.45, 7) is 0. The molecule has 1 aromatic carbocycles. The van der Waals surface area contributed by atoms with Crippen LogP contribution in [0.1, 0.15) is 11.1 Å². The first-order valence-corrected chi connectivity index (χ1v) is 4.88. The van der Waals surface area contributed by atoms with Crippen molar-refractivity contribution >= 4 is 17.6 Å². The maximum absolute atomic E-state index is 12.9. The Labute approximate surface area is 103 Å². The smallest absolute Gasteiger partial charge is 0.416 e. The number of hydrogen-bond acceptors (Lipinski definition) is 1.